The minimum absolute atomic E-state index is 0.124. The molecule has 1 N–H and O–H groups in total. The highest BCUT2D eigenvalue weighted by atomic mass is 16.5. The molecule has 0 atom stereocenters. The highest BCUT2D eigenvalue weighted by Crippen LogP contribution is 2.40. The number of benzene rings is 1. The van der Waals surface area contributed by atoms with Gasteiger partial charge in [0.1, 0.15) is 23.6 Å². The summed E-state index contributed by atoms with van der Waals surface area (Å²) in [5.41, 5.74) is -0.586. The first-order valence-corrected chi connectivity index (χ1v) is 6.56. The van der Waals surface area contributed by atoms with E-state index < -0.39 is 5.54 Å². The fourth-order valence-corrected chi connectivity index (χ4v) is 2.27. The van der Waals surface area contributed by atoms with Gasteiger partial charge in [-0.15, -0.1) is 0 Å². The van der Waals surface area contributed by atoms with Crippen LogP contribution in [-0.2, 0) is 4.79 Å². The van der Waals surface area contributed by atoms with Gasteiger partial charge in [0.15, 0.2) is 0 Å². The maximum Gasteiger partial charge on any atom is 0.325 e. The van der Waals surface area contributed by atoms with Crippen LogP contribution in [0.3, 0.4) is 0 Å². The van der Waals surface area contributed by atoms with E-state index in [1.54, 1.807) is 31.4 Å². The molecule has 1 saturated carbocycles. The summed E-state index contributed by atoms with van der Waals surface area (Å²) in [6, 6.07) is 6.84. The summed E-state index contributed by atoms with van der Waals surface area (Å²) in [7, 11) is 1.60. The van der Waals surface area contributed by atoms with Gasteiger partial charge in [-0.05, 0) is 37.1 Å². The smallest absolute Gasteiger partial charge is 0.325 e. The van der Waals surface area contributed by atoms with Crippen molar-refractivity contribution in [2.45, 2.75) is 18.4 Å². The van der Waals surface area contributed by atoms with E-state index in [0.717, 1.165) is 18.6 Å². The first-order chi connectivity index (χ1) is 9.64. The molecule has 106 valence electrons. The number of carbonyl (C=O) groups excluding carboxylic acids is 2. The monoisotopic (exact) mass is 276 g/mol. The van der Waals surface area contributed by atoms with Crippen LogP contribution in [-0.4, -0.2) is 42.6 Å². The molecule has 1 aromatic rings. The second-order valence-electron chi connectivity index (χ2n) is 4.99. The summed E-state index contributed by atoms with van der Waals surface area (Å²) in [6.07, 6.45) is 1.49. The van der Waals surface area contributed by atoms with Crippen molar-refractivity contribution < 1.29 is 19.1 Å². The Kier molecular flexibility index (Phi) is 3.00. The van der Waals surface area contributed by atoms with Gasteiger partial charge in [-0.2, -0.15) is 0 Å². The molecule has 1 aliphatic heterocycles. The molecule has 0 aromatic heterocycles. The number of nitrogens with zero attached hydrogens (tertiary/aromatic N) is 1. The second-order valence-corrected chi connectivity index (χ2v) is 4.99. The van der Waals surface area contributed by atoms with E-state index in [-0.39, 0.29) is 25.1 Å². The molecule has 20 heavy (non-hydrogen) atoms. The van der Waals surface area contributed by atoms with E-state index >= 15 is 0 Å². The summed E-state index contributed by atoms with van der Waals surface area (Å²) >= 11 is 0. The molecule has 6 nitrogen and oxygen atoms in total. The molecule has 0 unspecified atom stereocenters. The third-order valence-corrected chi connectivity index (χ3v) is 3.64. The van der Waals surface area contributed by atoms with E-state index in [4.69, 9.17) is 9.47 Å². The van der Waals surface area contributed by atoms with Crippen LogP contribution in [0.25, 0.3) is 0 Å². The lowest BCUT2D eigenvalue weighted by atomic mass is 10.3. The minimum Gasteiger partial charge on any atom is -0.497 e. The van der Waals surface area contributed by atoms with Gasteiger partial charge < -0.3 is 14.8 Å². The average molecular weight is 276 g/mol. The summed E-state index contributed by atoms with van der Waals surface area (Å²) in [4.78, 5) is 24.9. The fraction of sp³-hybridized carbons (Fsp3) is 0.429. The van der Waals surface area contributed by atoms with E-state index in [1.807, 2.05) is 0 Å². The van der Waals surface area contributed by atoms with Gasteiger partial charge in [0.05, 0.1) is 13.7 Å². The van der Waals surface area contributed by atoms with Gasteiger partial charge in [-0.1, -0.05) is 0 Å². The number of nitrogens with one attached hydrogen (secondary N) is 1. The summed E-state index contributed by atoms with van der Waals surface area (Å²) in [5, 5.41) is 2.73. The maximum atomic E-state index is 12.0. The lowest BCUT2D eigenvalue weighted by Gasteiger charge is -2.13. The Morgan fingerprint density at radius 1 is 1.20 bits per heavy atom. The van der Waals surface area contributed by atoms with Crippen LogP contribution >= 0.6 is 0 Å². The molecule has 1 spiro atoms. The zero-order valence-corrected chi connectivity index (χ0v) is 11.2. The van der Waals surface area contributed by atoms with Gasteiger partial charge >= 0.3 is 6.03 Å². The molecule has 1 saturated heterocycles. The van der Waals surface area contributed by atoms with Crippen LogP contribution in [0.15, 0.2) is 24.3 Å². The number of imide groups is 1. The Bertz CT molecular complexity index is 537. The number of amides is 3. The lowest BCUT2D eigenvalue weighted by Crippen LogP contribution is -2.35. The standard InChI is InChI=1S/C14H16N2O4/c1-19-10-2-4-11(5-3-10)20-9-8-16-12(17)14(6-7-14)15-13(16)18/h2-5H,6-9H2,1H3,(H,15,18). The molecule has 1 aliphatic carbocycles. The Morgan fingerprint density at radius 3 is 2.40 bits per heavy atom. The largest absolute Gasteiger partial charge is 0.497 e. The number of rotatable bonds is 5. The van der Waals surface area contributed by atoms with Crippen molar-refractivity contribution in [2.24, 2.45) is 0 Å². The van der Waals surface area contributed by atoms with Crippen molar-refractivity contribution in [2.75, 3.05) is 20.3 Å². The molecule has 3 rings (SSSR count). The van der Waals surface area contributed by atoms with Crippen LogP contribution in [0.2, 0.25) is 0 Å². The quantitative estimate of drug-likeness (QED) is 0.819. The molecular weight excluding hydrogens is 260 g/mol. The number of carbonyl (C=O) groups is 2. The number of methoxy groups -OCH3 is 1. The lowest BCUT2D eigenvalue weighted by molar-refractivity contribution is -0.128. The normalized spacial score (nSPS) is 19.1. The van der Waals surface area contributed by atoms with E-state index in [1.165, 1.54) is 4.90 Å². The predicted octanol–water partition coefficient (Wildman–Crippen LogP) is 1.16. The number of hydrogen-bond donors (Lipinski definition) is 1. The summed E-state index contributed by atoms with van der Waals surface area (Å²) in [5.74, 6) is 1.31. The molecule has 0 radical (unpaired) electrons. The van der Waals surface area contributed by atoms with Crippen LogP contribution in [0, 0.1) is 0 Å². The molecular formula is C14H16N2O4. The molecule has 3 amide bonds. The first kappa shape index (κ1) is 12.8. The molecule has 2 fully saturated rings. The van der Waals surface area contributed by atoms with Crippen LogP contribution in [0.4, 0.5) is 4.79 Å². The van der Waals surface area contributed by atoms with Crippen molar-refractivity contribution >= 4 is 11.9 Å². The highest BCUT2D eigenvalue weighted by Gasteiger charge is 2.59. The zero-order valence-electron chi connectivity index (χ0n) is 11.2. The van der Waals surface area contributed by atoms with E-state index in [0.29, 0.717) is 5.75 Å². The second kappa shape index (κ2) is 4.70. The van der Waals surface area contributed by atoms with Crippen LogP contribution in [0.5, 0.6) is 11.5 Å². The van der Waals surface area contributed by atoms with Crippen LogP contribution in [0.1, 0.15) is 12.8 Å². The molecule has 0 bridgehead atoms. The van der Waals surface area contributed by atoms with Gasteiger partial charge in [-0.25, -0.2) is 4.79 Å². The molecule has 1 heterocycles. The third kappa shape index (κ3) is 2.17. The molecule has 2 aliphatic rings. The molecule has 1 aromatic carbocycles. The SMILES string of the molecule is COc1ccc(OCCN2C(=O)NC3(CC3)C2=O)cc1. The Hall–Kier alpha value is -2.24. The third-order valence-electron chi connectivity index (χ3n) is 3.64. The van der Waals surface area contributed by atoms with Crippen molar-refractivity contribution in [3.8, 4) is 11.5 Å². The first-order valence-electron chi connectivity index (χ1n) is 6.56. The van der Waals surface area contributed by atoms with Gasteiger partial charge in [-0.3, -0.25) is 9.69 Å². The van der Waals surface area contributed by atoms with Gasteiger partial charge in [0.2, 0.25) is 0 Å². The maximum absolute atomic E-state index is 12.0. The highest BCUT2D eigenvalue weighted by molar-refractivity contribution is 6.08. The Morgan fingerprint density at radius 2 is 1.85 bits per heavy atom. The number of hydrogen-bond acceptors (Lipinski definition) is 4. The fourth-order valence-electron chi connectivity index (χ4n) is 2.27. The van der Waals surface area contributed by atoms with E-state index in [9.17, 15) is 9.59 Å². The van der Waals surface area contributed by atoms with Gasteiger partial charge in [0, 0.05) is 0 Å². The van der Waals surface area contributed by atoms with Gasteiger partial charge in [0.25, 0.3) is 5.91 Å². The predicted molar refractivity (Wildman–Crippen MR) is 70.7 cm³/mol. The Balaban J connectivity index is 1.52. The van der Waals surface area contributed by atoms with Crippen molar-refractivity contribution in [3.05, 3.63) is 24.3 Å². The number of urea groups is 1. The summed E-state index contributed by atoms with van der Waals surface area (Å²) < 4.78 is 10.6. The average Bonchev–Trinajstić information content (AvgIpc) is 3.19. The topological polar surface area (TPSA) is 67.9 Å². The Labute approximate surface area is 116 Å². The van der Waals surface area contributed by atoms with E-state index in [2.05, 4.69) is 5.32 Å². The van der Waals surface area contributed by atoms with Crippen LogP contribution < -0.4 is 14.8 Å². The van der Waals surface area contributed by atoms with Crippen molar-refractivity contribution in [3.63, 3.8) is 0 Å². The zero-order chi connectivity index (χ0) is 14.2. The van der Waals surface area contributed by atoms with Crippen molar-refractivity contribution in [1.29, 1.82) is 0 Å². The summed E-state index contributed by atoms with van der Waals surface area (Å²) in [6.45, 7) is 0.542. The van der Waals surface area contributed by atoms with Crippen molar-refractivity contribution in [1.82, 2.24) is 10.2 Å². The minimum atomic E-state index is -0.586. The number of ether oxygens (including phenoxy) is 2. The molecule has 6 heteroatoms.